The van der Waals surface area contributed by atoms with Gasteiger partial charge in [-0.25, -0.2) is 0 Å². The van der Waals surface area contributed by atoms with Crippen molar-refractivity contribution in [1.82, 2.24) is 33.2 Å². The number of phosphoric acid groups is 14. The zero-order chi connectivity index (χ0) is 93.8. The third-order valence-electron chi connectivity index (χ3n) is 12.3. The Bertz CT molecular complexity index is 3650. The van der Waals surface area contributed by atoms with Crippen LogP contribution in [0.1, 0.15) is 0 Å². The summed E-state index contributed by atoms with van der Waals surface area (Å²) in [6.07, 6.45) is 0. The quantitative estimate of drug-likeness (QED) is 0.0121. The molecule has 0 aromatic carbocycles. The van der Waals surface area contributed by atoms with Gasteiger partial charge < -0.3 is 201 Å². The van der Waals surface area contributed by atoms with E-state index >= 15 is 0 Å². The van der Waals surface area contributed by atoms with Crippen LogP contribution in [0, 0.1) is 35.5 Å². The van der Waals surface area contributed by atoms with Crippen LogP contribution < -0.4 is 102 Å². The van der Waals surface area contributed by atoms with Crippen LogP contribution in [0.2, 0.25) is 0 Å². The maximum atomic E-state index is 13.1. The molecular formula is C40H82F6N6O57P14-14. The highest BCUT2D eigenvalue weighted by Gasteiger charge is 2.28. The highest BCUT2D eigenvalue weighted by Crippen LogP contribution is 2.49. The van der Waals surface area contributed by atoms with Crippen molar-refractivity contribution in [1.29, 1.82) is 0 Å². The van der Waals surface area contributed by atoms with Gasteiger partial charge in [-0.1, -0.05) is 0 Å². The second kappa shape index (κ2) is 63.2. The molecule has 63 nitrogen and oxygen atoms in total. The van der Waals surface area contributed by atoms with Crippen molar-refractivity contribution in [2.75, 3.05) is 224 Å². The number of halogens is 6. The van der Waals surface area contributed by atoms with Crippen LogP contribution in [0.4, 0.5) is 26.9 Å². The fourth-order valence-corrected chi connectivity index (χ4v) is 16.8. The third-order valence-corrected chi connectivity index (χ3v) is 25.4. The molecule has 0 aliphatic heterocycles. The van der Waals surface area contributed by atoms with Gasteiger partial charge >= 0.3 is 0 Å². The zero-order valence-corrected chi connectivity index (χ0v) is 74.9. The first-order chi connectivity index (χ1) is 56.8. The summed E-state index contributed by atoms with van der Waals surface area (Å²) < 4.78 is 363. The van der Waals surface area contributed by atoms with Crippen LogP contribution in [-0.4, -0.2) is 234 Å². The summed E-state index contributed by atoms with van der Waals surface area (Å²) in [5.41, 5.74) is 6.43. The first-order valence-electron chi connectivity index (χ1n) is 33.0. The van der Waals surface area contributed by atoms with E-state index in [4.69, 9.17) is 10.00 Å². The molecule has 20 unspecified atom stereocenters. The monoisotopic (exact) mass is 2110 g/mol. The molecule has 0 aromatic heterocycles. The Balaban J connectivity index is 4.79. The molecule has 0 fully saturated rings. The molecule has 0 spiro atoms. The first-order valence-corrected chi connectivity index (χ1v) is 53.4. The van der Waals surface area contributed by atoms with Crippen LogP contribution in [0.5, 0.6) is 0 Å². The number of hydrogen-bond donors (Lipinski definition) is 8. The number of rotatable bonds is 86. The van der Waals surface area contributed by atoms with Crippen LogP contribution >= 0.6 is 110 Å². The van der Waals surface area contributed by atoms with E-state index in [1.807, 2.05) is 0 Å². The molecule has 0 heterocycles. The number of aliphatic hydroxyl groups excluding tert-OH is 1. The van der Waals surface area contributed by atoms with E-state index in [2.05, 4.69) is 122 Å². The lowest BCUT2D eigenvalue weighted by Crippen LogP contribution is -2.28. The molecule has 0 aliphatic carbocycles. The van der Waals surface area contributed by atoms with E-state index in [0.29, 0.717) is 0 Å². The van der Waals surface area contributed by atoms with Crippen molar-refractivity contribution < 1.29 is 291 Å². The average molecular weight is 2110 g/mol. The second-order valence-electron chi connectivity index (χ2n) is 22.3. The lowest BCUT2D eigenvalue weighted by atomic mass is 10.2. The van der Waals surface area contributed by atoms with Gasteiger partial charge in [0.25, 0.3) is 110 Å². The SMILES string of the molecule is O=P([O-])(O)OCC(CNF)COP(=O)([O-])OCCOP(=O)([O-])OCCOP(=O)([O-])OCCOP(=O)([O-])OCCOP(=O)([O-])OCC(CNF)COP(=O)([O-])OCCOP(=O)([O-])OCC(CNF)COP(=O)([O-])OCCOP(=O)([O-])OCC(CNF)COP(=O)([O-])OCCOP(=O)([O-])OCC(CNF)COP(=O)([O-])OCCOP(=O)([O-])OCC(CO)CNF. The second-order valence-corrected chi connectivity index (χ2v) is 41.8. The minimum Gasteiger partial charge on any atom is -0.756 e. The Morgan fingerprint density at radius 1 is 0.187 bits per heavy atom. The number of hydrogen-bond acceptors (Lipinski definition) is 62. The summed E-state index contributed by atoms with van der Waals surface area (Å²) in [7, 11) is -75.7. The smallest absolute Gasteiger partial charge is 0.268 e. The van der Waals surface area contributed by atoms with Crippen molar-refractivity contribution >= 4 is 110 Å². The van der Waals surface area contributed by atoms with Crippen molar-refractivity contribution in [2.24, 2.45) is 35.5 Å². The molecule has 740 valence electrons. The van der Waals surface area contributed by atoms with Gasteiger partial charge in [0, 0.05) is 81.4 Å². The molecule has 8 N–H and O–H groups in total. The Morgan fingerprint density at radius 2 is 0.285 bits per heavy atom. The summed E-state index contributed by atoms with van der Waals surface area (Å²) in [4.78, 5) is 177. The topological polar surface area (TPSA) is 924 Å². The van der Waals surface area contributed by atoms with Crippen molar-refractivity contribution in [3.8, 4) is 0 Å². The van der Waals surface area contributed by atoms with E-state index < -0.39 is 369 Å². The summed E-state index contributed by atoms with van der Waals surface area (Å²) in [6.45, 7) is -35.2. The number of nitrogens with one attached hydrogen (secondary N) is 6. The largest absolute Gasteiger partial charge is 0.756 e. The van der Waals surface area contributed by atoms with Gasteiger partial charge in [-0.3, -0.25) is 63.9 Å². The lowest BCUT2D eigenvalue weighted by Gasteiger charge is -2.29. The Labute approximate surface area is 691 Å². The Morgan fingerprint density at radius 3 is 0.390 bits per heavy atom. The molecule has 0 aromatic rings. The standard InChI is InChI=1S/C40H96F6N6O57P14/c41-47-17-35(23-53)24-100-114(63,64)89-9-10-92-117(69,70)103-29-38(20-50-44)30-105-119(73,74)94-13-14-96-121(77,78)107-33-40(22-52-46)34-109-123(81,82)98-16-15-97-122(79,80)108-32-39(21-51-45)31-106-120(75,76)95-12-11-93-118(71,72)104-28-37(19-49-43)27-102-116(67,68)91-8-6-88-113(61,62)86-4-2-84-111(57,58)83-1-3-85-112(59,60)87-5-7-90-115(65,66)101-26-36(18-48-42)25-99-110(54,55)56/h35-40,47-53H,1-34H2,(H,57,58)(H,59,60)(H,61,62)(H,63,64)(H,65,66)(H,67,68)(H,69,70)(H,71,72)(H,73,74)(H,75,76)(H,77,78)(H,79,80)(H,81,82)(H2,54,55,56)/p-14. The molecule has 0 aliphatic rings. The highest BCUT2D eigenvalue weighted by atomic mass is 31.2. The van der Waals surface area contributed by atoms with Crippen LogP contribution in [0.25, 0.3) is 0 Å². The lowest BCUT2D eigenvalue weighted by molar-refractivity contribution is -0.238. The van der Waals surface area contributed by atoms with Gasteiger partial charge in [-0.05, 0) is 0 Å². The fourth-order valence-electron chi connectivity index (χ4n) is 6.70. The summed E-state index contributed by atoms with van der Waals surface area (Å²) in [6, 6.07) is 0. The summed E-state index contributed by atoms with van der Waals surface area (Å²) in [5, 5.41) is 9.03. The first kappa shape index (κ1) is 124. The maximum Gasteiger partial charge on any atom is 0.268 e. The van der Waals surface area contributed by atoms with Gasteiger partial charge in [0.05, 0.1) is 178 Å². The molecule has 0 saturated carbocycles. The van der Waals surface area contributed by atoms with Gasteiger partial charge in [-0.15, -0.1) is 26.9 Å². The molecule has 123 heavy (non-hydrogen) atoms. The predicted molar refractivity (Wildman–Crippen MR) is 352 cm³/mol. The fraction of sp³-hybridized carbons (Fsp3) is 1.00. The van der Waals surface area contributed by atoms with E-state index in [1.165, 1.54) is 5.54 Å². The number of aliphatic hydroxyl groups is 1. The Hall–Kier alpha value is 0.840. The van der Waals surface area contributed by atoms with Crippen LogP contribution in [-0.2, 0) is 186 Å². The van der Waals surface area contributed by atoms with Gasteiger partial charge in [0.2, 0.25) is 0 Å². The van der Waals surface area contributed by atoms with Gasteiger partial charge in [0.15, 0.2) is 0 Å². The summed E-state index contributed by atoms with van der Waals surface area (Å²) >= 11 is 0. The molecule has 0 radical (unpaired) electrons. The van der Waals surface area contributed by atoms with E-state index in [9.17, 15) is 159 Å². The zero-order valence-electron chi connectivity index (χ0n) is 62.4. The molecule has 0 amide bonds. The third kappa shape index (κ3) is 71.1. The van der Waals surface area contributed by atoms with Crippen molar-refractivity contribution in [2.45, 2.75) is 0 Å². The van der Waals surface area contributed by atoms with Crippen molar-refractivity contribution in [3.63, 3.8) is 0 Å². The van der Waals surface area contributed by atoms with E-state index in [1.54, 1.807) is 0 Å². The molecule has 0 saturated heterocycles. The molecule has 20 atom stereocenters. The van der Waals surface area contributed by atoms with Crippen LogP contribution in [0.3, 0.4) is 0 Å². The maximum absolute atomic E-state index is 13.1. The van der Waals surface area contributed by atoms with Gasteiger partial charge in [-0.2, -0.15) is 33.2 Å². The molecular weight excluding hydrogens is 2020 g/mol. The summed E-state index contributed by atoms with van der Waals surface area (Å²) in [5.74, 6) is -8.50. The van der Waals surface area contributed by atoms with Gasteiger partial charge in [0.1, 0.15) is 0 Å². The average Bonchev–Trinajstić information content (AvgIpc) is 0.900. The normalized spacial score (nSPS) is 20.9. The minimum absolute atomic E-state index is 0.498. The molecule has 0 bridgehead atoms. The predicted octanol–water partition coefficient (Wildman–Crippen LogP) is -7.48. The highest BCUT2D eigenvalue weighted by molar-refractivity contribution is 7.49. The van der Waals surface area contributed by atoms with E-state index in [0.717, 1.165) is 27.7 Å². The van der Waals surface area contributed by atoms with Crippen LogP contribution in [0.15, 0.2) is 0 Å². The van der Waals surface area contributed by atoms with E-state index in [-0.39, 0.29) is 0 Å². The number of phosphoric ester groups is 14. The van der Waals surface area contributed by atoms with Crippen molar-refractivity contribution in [3.05, 3.63) is 0 Å². The molecule has 0 rings (SSSR count). The minimum atomic E-state index is -5.53. The molecule has 83 heteroatoms. The Kier molecular flexibility index (Phi) is 63.6.